The molecule has 0 fully saturated rings. The maximum Gasteiger partial charge on any atom is 0.146 e. The Morgan fingerprint density at radius 2 is 2.06 bits per heavy atom. The van der Waals surface area contributed by atoms with Crippen LogP contribution in [0.2, 0.25) is 0 Å². The highest BCUT2D eigenvalue weighted by atomic mass is 16.5. The molecule has 0 saturated heterocycles. The Morgan fingerprint density at radius 1 is 1.12 bits per heavy atom. The van der Waals surface area contributed by atoms with Crippen molar-refractivity contribution in [1.29, 1.82) is 0 Å². The van der Waals surface area contributed by atoms with Crippen LogP contribution in [0, 0.1) is 0 Å². The Labute approximate surface area is 98.7 Å². The second kappa shape index (κ2) is 4.29. The zero-order chi connectivity index (χ0) is 11.5. The second-order valence-electron chi connectivity index (χ2n) is 3.75. The van der Waals surface area contributed by atoms with E-state index in [1.54, 1.807) is 18.7 Å². The summed E-state index contributed by atoms with van der Waals surface area (Å²) in [6, 6.07) is 11.7. The maximum absolute atomic E-state index is 5.74. The molecule has 1 aromatic carbocycles. The number of pyridine rings is 1. The second-order valence-corrected chi connectivity index (χ2v) is 3.75. The number of ether oxygens (including phenoxy) is 1. The molecule has 3 aromatic rings. The summed E-state index contributed by atoms with van der Waals surface area (Å²) in [6.07, 6.45) is 5.09. The smallest absolute Gasteiger partial charge is 0.146 e. The van der Waals surface area contributed by atoms with Gasteiger partial charge in [-0.1, -0.05) is 18.2 Å². The van der Waals surface area contributed by atoms with E-state index in [9.17, 15) is 0 Å². The van der Waals surface area contributed by atoms with Crippen LogP contribution in [0.5, 0.6) is 5.75 Å². The zero-order valence-electron chi connectivity index (χ0n) is 9.17. The molecular weight excluding hydrogens is 214 g/mol. The summed E-state index contributed by atoms with van der Waals surface area (Å²) < 4.78 is 10.7. The van der Waals surface area contributed by atoms with E-state index >= 15 is 0 Å². The van der Waals surface area contributed by atoms with Crippen LogP contribution in [0.25, 0.3) is 10.9 Å². The molecule has 0 aliphatic rings. The lowest BCUT2D eigenvalue weighted by Crippen LogP contribution is -1.95. The number of hydrogen-bond acceptors (Lipinski definition) is 3. The summed E-state index contributed by atoms with van der Waals surface area (Å²) >= 11 is 0. The minimum Gasteiger partial charge on any atom is -0.486 e. The zero-order valence-corrected chi connectivity index (χ0v) is 9.17. The van der Waals surface area contributed by atoms with Gasteiger partial charge in [0.15, 0.2) is 0 Å². The van der Waals surface area contributed by atoms with Gasteiger partial charge in [-0.15, -0.1) is 0 Å². The quantitative estimate of drug-likeness (QED) is 0.685. The molecule has 0 radical (unpaired) electrons. The van der Waals surface area contributed by atoms with Crippen molar-refractivity contribution in [3.8, 4) is 5.75 Å². The summed E-state index contributed by atoms with van der Waals surface area (Å²) in [5.41, 5.74) is 1.90. The van der Waals surface area contributed by atoms with Gasteiger partial charge >= 0.3 is 0 Å². The number of para-hydroxylation sites is 1. The molecule has 0 aliphatic carbocycles. The van der Waals surface area contributed by atoms with E-state index < -0.39 is 0 Å². The predicted octanol–water partition coefficient (Wildman–Crippen LogP) is 3.41. The van der Waals surface area contributed by atoms with Gasteiger partial charge in [0.25, 0.3) is 0 Å². The summed E-state index contributed by atoms with van der Waals surface area (Å²) in [5, 5.41) is 1.08. The first kappa shape index (κ1) is 9.90. The standard InChI is InChI=1S/C14H11NO2/c1-3-12-4-2-7-15-14(12)13(5-1)17-10-11-6-8-16-9-11/h1-9H,10H2. The number of hydrogen-bond donors (Lipinski definition) is 0. The maximum atomic E-state index is 5.74. The van der Waals surface area contributed by atoms with Crippen LogP contribution in [-0.2, 0) is 6.61 Å². The van der Waals surface area contributed by atoms with Gasteiger partial charge in [-0.2, -0.15) is 0 Å². The van der Waals surface area contributed by atoms with Gasteiger partial charge in [0.05, 0.1) is 12.5 Å². The van der Waals surface area contributed by atoms with Crippen LogP contribution in [0.1, 0.15) is 5.56 Å². The Hall–Kier alpha value is -2.29. The largest absolute Gasteiger partial charge is 0.486 e. The molecule has 2 aromatic heterocycles. The fraction of sp³-hybridized carbons (Fsp3) is 0.0714. The molecule has 0 atom stereocenters. The molecule has 0 unspecified atom stereocenters. The topological polar surface area (TPSA) is 35.3 Å². The van der Waals surface area contributed by atoms with Crippen molar-refractivity contribution in [2.75, 3.05) is 0 Å². The Kier molecular flexibility index (Phi) is 2.50. The highest BCUT2D eigenvalue weighted by Gasteiger charge is 2.03. The van der Waals surface area contributed by atoms with E-state index in [1.165, 1.54) is 0 Å². The minimum absolute atomic E-state index is 0.492. The van der Waals surface area contributed by atoms with Crippen LogP contribution >= 0.6 is 0 Å². The summed E-state index contributed by atoms with van der Waals surface area (Å²) in [4.78, 5) is 4.33. The van der Waals surface area contributed by atoms with Gasteiger partial charge in [-0.25, -0.2) is 0 Å². The van der Waals surface area contributed by atoms with E-state index in [0.717, 1.165) is 22.2 Å². The third kappa shape index (κ3) is 1.99. The van der Waals surface area contributed by atoms with Crippen molar-refractivity contribution < 1.29 is 9.15 Å². The van der Waals surface area contributed by atoms with E-state index in [0.29, 0.717) is 6.61 Å². The molecule has 3 heteroatoms. The third-order valence-electron chi connectivity index (χ3n) is 2.57. The predicted molar refractivity (Wildman–Crippen MR) is 64.8 cm³/mol. The average Bonchev–Trinajstić information content (AvgIpc) is 2.89. The average molecular weight is 225 g/mol. The van der Waals surface area contributed by atoms with E-state index in [1.807, 2.05) is 36.4 Å². The fourth-order valence-corrected chi connectivity index (χ4v) is 1.73. The fourth-order valence-electron chi connectivity index (χ4n) is 1.73. The Balaban J connectivity index is 1.90. The Bertz CT molecular complexity index is 612. The number of nitrogens with zero attached hydrogens (tertiary/aromatic N) is 1. The summed E-state index contributed by atoms with van der Waals surface area (Å²) in [5.74, 6) is 0.796. The van der Waals surface area contributed by atoms with Crippen molar-refractivity contribution >= 4 is 10.9 Å². The molecule has 2 heterocycles. The van der Waals surface area contributed by atoms with Crippen molar-refractivity contribution in [2.24, 2.45) is 0 Å². The Morgan fingerprint density at radius 3 is 2.94 bits per heavy atom. The number of rotatable bonds is 3. The number of benzene rings is 1. The van der Waals surface area contributed by atoms with Crippen LogP contribution in [0.3, 0.4) is 0 Å². The van der Waals surface area contributed by atoms with Crippen LogP contribution in [-0.4, -0.2) is 4.98 Å². The first-order chi connectivity index (χ1) is 8.43. The van der Waals surface area contributed by atoms with E-state index in [-0.39, 0.29) is 0 Å². The lowest BCUT2D eigenvalue weighted by atomic mass is 10.2. The summed E-state index contributed by atoms with van der Waals surface area (Å²) in [6.45, 7) is 0.492. The SMILES string of the molecule is c1cnc2c(OCc3ccoc3)cccc2c1. The molecule has 0 bridgehead atoms. The first-order valence-corrected chi connectivity index (χ1v) is 5.41. The molecule has 84 valence electrons. The van der Waals surface area contributed by atoms with Gasteiger partial charge in [0.1, 0.15) is 17.9 Å². The van der Waals surface area contributed by atoms with E-state index in [4.69, 9.17) is 9.15 Å². The van der Waals surface area contributed by atoms with E-state index in [2.05, 4.69) is 4.98 Å². The number of fused-ring (bicyclic) bond motifs is 1. The van der Waals surface area contributed by atoms with Gasteiger partial charge in [-0.3, -0.25) is 4.98 Å². The molecule has 0 saturated carbocycles. The molecule has 17 heavy (non-hydrogen) atoms. The third-order valence-corrected chi connectivity index (χ3v) is 2.57. The molecule has 0 aliphatic heterocycles. The molecule has 0 amide bonds. The highest BCUT2D eigenvalue weighted by molar-refractivity contribution is 5.84. The van der Waals surface area contributed by atoms with Gasteiger partial charge < -0.3 is 9.15 Å². The number of furan rings is 1. The molecule has 0 spiro atoms. The van der Waals surface area contributed by atoms with Crippen LogP contribution in [0.15, 0.2) is 59.5 Å². The van der Waals surface area contributed by atoms with Crippen molar-refractivity contribution in [3.05, 3.63) is 60.7 Å². The monoisotopic (exact) mass is 225 g/mol. The van der Waals surface area contributed by atoms with Crippen LogP contribution < -0.4 is 4.74 Å². The molecule has 3 rings (SSSR count). The lowest BCUT2D eigenvalue weighted by Gasteiger charge is -2.06. The molecular formula is C14H11NO2. The van der Waals surface area contributed by atoms with Gasteiger partial charge in [-0.05, 0) is 18.2 Å². The molecule has 3 nitrogen and oxygen atoms in total. The van der Waals surface area contributed by atoms with Crippen molar-refractivity contribution in [3.63, 3.8) is 0 Å². The normalized spacial score (nSPS) is 10.6. The van der Waals surface area contributed by atoms with Crippen molar-refractivity contribution in [2.45, 2.75) is 6.61 Å². The number of aromatic nitrogens is 1. The minimum atomic E-state index is 0.492. The van der Waals surface area contributed by atoms with Crippen molar-refractivity contribution in [1.82, 2.24) is 4.98 Å². The first-order valence-electron chi connectivity index (χ1n) is 5.41. The van der Waals surface area contributed by atoms with Gasteiger partial charge in [0, 0.05) is 17.1 Å². The van der Waals surface area contributed by atoms with Gasteiger partial charge in [0.2, 0.25) is 0 Å². The highest BCUT2D eigenvalue weighted by Crippen LogP contribution is 2.23. The lowest BCUT2D eigenvalue weighted by molar-refractivity contribution is 0.308. The molecule has 0 N–H and O–H groups in total. The van der Waals surface area contributed by atoms with Crippen LogP contribution in [0.4, 0.5) is 0 Å². The summed E-state index contributed by atoms with van der Waals surface area (Å²) in [7, 11) is 0.